The second-order valence-corrected chi connectivity index (χ2v) is 6.95. The average Bonchev–Trinajstić information content (AvgIpc) is 3.17. The number of fused-ring (bicyclic) bond motifs is 4. The Hall–Kier alpha value is -3.19. The molecule has 2 amide bonds. The van der Waals surface area contributed by atoms with E-state index >= 15 is 0 Å². The first kappa shape index (κ1) is 16.0. The predicted octanol–water partition coefficient (Wildman–Crippen LogP) is 3.25. The summed E-state index contributed by atoms with van der Waals surface area (Å²) in [6, 6.07) is 10.9. The summed E-state index contributed by atoms with van der Waals surface area (Å²) < 4.78 is 14.7. The zero-order chi connectivity index (χ0) is 18.8. The number of carbonyl (C=O) groups is 2. The van der Waals surface area contributed by atoms with Gasteiger partial charge in [-0.2, -0.15) is 5.10 Å². The molecule has 0 aliphatic carbocycles. The molecule has 3 heterocycles. The fourth-order valence-electron chi connectivity index (χ4n) is 3.90. The molecule has 0 fully saturated rings. The van der Waals surface area contributed by atoms with Crippen molar-refractivity contribution in [3.05, 3.63) is 70.6 Å². The van der Waals surface area contributed by atoms with E-state index in [9.17, 15) is 14.0 Å². The molecule has 5 rings (SSSR count). The molecule has 27 heavy (non-hydrogen) atoms. The zero-order valence-electron chi connectivity index (χ0n) is 13.8. The number of benzene rings is 2. The van der Waals surface area contributed by atoms with Crippen LogP contribution in [0.2, 0.25) is 5.02 Å². The van der Waals surface area contributed by atoms with E-state index in [1.165, 1.54) is 16.8 Å². The molecule has 0 saturated heterocycles. The highest BCUT2D eigenvalue weighted by Gasteiger charge is 2.55. The first-order valence-electron chi connectivity index (χ1n) is 8.25. The Morgan fingerprint density at radius 1 is 1.11 bits per heavy atom. The lowest BCUT2D eigenvalue weighted by Crippen LogP contribution is -2.43. The number of halogens is 2. The number of nitrogens with zero attached hydrogens (tertiary/aromatic N) is 2. The highest BCUT2D eigenvalue weighted by atomic mass is 35.5. The fourth-order valence-corrected chi connectivity index (χ4v) is 4.24. The number of carbonyl (C=O) groups excluding carboxylic acids is 2. The number of anilines is 2. The van der Waals surface area contributed by atoms with E-state index in [4.69, 9.17) is 11.6 Å². The number of nitrogens with one attached hydrogen (secondary N) is 2. The second kappa shape index (κ2) is 5.40. The van der Waals surface area contributed by atoms with Crippen molar-refractivity contribution in [3.8, 4) is 5.69 Å². The van der Waals surface area contributed by atoms with Crippen molar-refractivity contribution in [1.82, 2.24) is 9.78 Å². The summed E-state index contributed by atoms with van der Waals surface area (Å²) in [4.78, 5) is 25.6. The van der Waals surface area contributed by atoms with E-state index in [-0.39, 0.29) is 24.1 Å². The first-order valence-corrected chi connectivity index (χ1v) is 8.63. The summed E-state index contributed by atoms with van der Waals surface area (Å²) in [5.41, 5.74) is 1.03. The minimum absolute atomic E-state index is 0.0717. The molecule has 0 bridgehead atoms. The molecular formula is C19H12ClFN4O2. The Morgan fingerprint density at radius 2 is 1.89 bits per heavy atom. The molecule has 0 radical (unpaired) electrons. The number of hydrogen-bond donors (Lipinski definition) is 2. The molecule has 2 aromatic carbocycles. The maximum absolute atomic E-state index is 13.3. The van der Waals surface area contributed by atoms with Crippen molar-refractivity contribution in [1.29, 1.82) is 0 Å². The van der Waals surface area contributed by atoms with Crippen molar-refractivity contribution < 1.29 is 14.0 Å². The Labute approximate surface area is 157 Å². The summed E-state index contributed by atoms with van der Waals surface area (Å²) in [6.45, 7) is 0. The Kier molecular flexibility index (Phi) is 3.21. The van der Waals surface area contributed by atoms with Gasteiger partial charge in [-0.3, -0.25) is 9.59 Å². The topological polar surface area (TPSA) is 76.0 Å². The highest BCUT2D eigenvalue weighted by Crippen LogP contribution is 2.52. The number of rotatable bonds is 1. The van der Waals surface area contributed by atoms with E-state index in [1.807, 2.05) is 0 Å². The van der Waals surface area contributed by atoms with Crippen molar-refractivity contribution in [2.75, 3.05) is 10.6 Å². The SMILES string of the molecule is O=C1C[C@@]2(C(=O)Nc3cccc(Cl)c32)c2cnn(-c3ccc(F)cc3)c2N1. The molecule has 2 aliphatic heterocycles. The summed E-state index contributed by atoms with van der Waals surface area (Å²) in [5, 5.41) is 10.4. The van der Waals surface area contributed by atoms with E-state index in [2.05, 4.69) is 15.7 Å². The van der Waals surface area contributed by atoms with Gasteiger partial charge in [0.15, 0.2) is 0 Å². The van der Waals surface area contributed by atoms with Crippen LogP contribution in [0.25, 0.3) is 5.69 Å². The van der Waals surface area contributed by atoms with Crippen LogP contribution in [0.15, 0.2) is 48.7 Å². The summed E-state index contributed by atoms with van der Waals surface area (Å²) in [5.74, 6) is -0.647. The molecular weight excluding hydrogens is 371 g/mol. The van der Waals surface area contributed by atoms with Gasteiger partial charge in [0, 0.05) is 28.3 Å². The van der Waals surface area contributed by atoms with Crippen LogP contribution in [0.5, 0.6) is 0 Å². The minimum Gasteiger partial charge on any atom is -0.325 e. The van der Waals surface area contributed by atoms with Gasteiger partial charge >= 0.3 is 0 Å². The molecule has 2 N–H and O–H groups in total. The van der Waals surface area contributed by atoms with E-state index < -0.39 is 5.41 Å². The maximum atomic E-state index is 13.3. The van der Waals surface area contributed by atoms with Crippen LogP contribution in [0, 0.1) is 5.82 Å². The standard InChI is InChI=1S/C19H12ClFN4O2/c20-13-2-1-3-14-16(13)19(18(27)23-14)8-15(26)24-17-12(19)9-22-25(17)11-6-4-10(21)5-7-11/h1-7,9H,8H2,(H,23,27)(H,24,26)/t19-/m1/s1. The van der Waals surface area contributed by atoms with Crippen LogP contribution in [-0.4, -0.2) is 21.6 Å². The van der Waals surface area contributed by atoms with Gasteiger partial charge in [0.2, 0.25) is 11.8 Å². The second-order valence-electron chi connectivity index (χ2n) is 6.54. The molecule has 2 aliphatic rings. The number of aromatic nitrogens is 2. The fraction of sp³-hybridized carbons (Fsp3) is 0.105. The lowest BCUT2D eigenvalue weighted by Gasteiger charge is -2.32. The van der Waals surface area contributed by atoms with Gasteiger partial charge < -0.3 is 10.6 Å². The normalized spacial score (nSPS) is 20.2. The Morgan fingerprint density at radius 3 is 2.67 bits per heavy atom. The summed E-state index contributed by atoms with van der Waals surface area (Å²) >= 11 is 6.42. The number of amides is 2. The van der Waals surface area contributed by atoms with Crippen LogP contribution < -0.4 is 10.6 Å². The summed E-state index contributed by atoms with van der Waals surface area (Å²) in [6.07, 6.45) is 1.48. The lowest BCUT2D eigenvalue weighted by atomic mass is 9.72. The lowest BCUT2D eigenvalue weighted by molar-refractivity contribution is -0.125. The van der Waals surface area contributed by atoms with E-state index in [0.29, 0.717) is 33.3 Å². The molecule has 6 nitrogen and oxygen atoms in total. The van der Waals surface area contributed by atoms with E-state index in [0.717, 1.165) is 0 Å². The molecule has 8 heteroatoms. The molecule has 0 saturated carbocycles. The molecule has 3 aromatic rings. The van der Waals surface area contributed by atoms with Crippen LogP contribution in [0.4, 0.5) is 15.9 Å². The monoisotopic (exact) mass is 382 g/mol. The van der Waals surface area contributed by atoms with Gasteiger partial charge in [0.25, 0.3) is 0 Å². The minimum atomic E-state index is -1.25. The molecule has 134 valence electrons. The molecule has 1 atom stereocenters. The largest absolute Gasteiger partial charge is 0.325 e. The molecule has 1 spiro atoms. The van der Waals surface area contributed by atoms with Gasteiger partial charge in [-0.1, -0.05) is 17.7 Å². The Bertz CT molecular complexity index is 1130. The van der Waals surface area contributed by atoms with Gasteiger partial charge in [-0.05, 0) is 36.4 Å². The van der Waals surface area contributed by atoms with Gasteiger partial charge in [0.05, 0.1) is 11.9 Å². The third-order valence-corrected chi connectivity index (χ3v) is 5.37. The van der Waals surface area contributed by atoms with Crippen molar-refractivity contribution in [2.24, 2.45) is 0 Å². The molecule has 0 unspecified atom stereocenters. The predicted molar refractivity (Wildman–Crippen MR) is 97.6 cm³/mol. The highest BCUT2D eigenvalue weighted by molar-refractivity contribution is 6.33. The van der Waals surface area contributed by atoms with Crippen LogP contribution >= 0.6 is 11.6 Å². The van der Waals surface area contributed by atoms with Gasteiger partial charge in [0.1, 0.15) is 17.1 Å². The smallest absolute Gasteiger partial charge is 0.240 e. The van der Waals surface area contributed by atoms with Crippen molar-refractivity contribution in [3.63, 3.8) is 0 Å². The van der Waals surface area contributed by atoms with Crippen LogP contribution in [0.1, 0.15) is 17.5 Å². The maximum Gasteiger partial charge on any atom is 0.240 e. The van der Waals surface area contributed by atoms with Gasteiger partial charge in [-0.25, -0.2) is 9.07 Å². The number of hydrogen-bond acceptors (Lipinski definition) is 3. The van der Waals surface area contributed by atoms with Gasteiger partial charge in [-0.15, -0.1) is 0 Å². The summed E-state index contributed by atoms with van der Waals surface area (Å²) in [7, 11) is 0. The average molecular weight is 383 g/mol. The molecule has 1 aromatic heterocycles. The first-order chi connectivity index (χ1) is 13.0. The third-order valence-electron chi connectivity index (χ3n) is 5.06. The Balaban J connectivity index is 1.77. The van der Waals surface area contributed by atoms with E-state index in [1.54, 1.807) is 36.5 Å². The van der Waals surface area contributed by atoms with Crippen LogP contribution in [-0.2, 0) is 15.0 Å². The zero-order valence-corrected chi connectivity index (χ0v) is 14.5. The van der Waals surface area contributed by atoms with Crippen LogP contribution in [0.3, 0.4) is 0 Å². The quantitative estimate of drug-likeness (QED) is 0.678. The van der Waals surface area contributed by atoms with Crippen molar-refractivity contribution >= 4 is 34.9 Å². The third kappa shape index (κ3) is 2.09. The van der Waals surface area contributed by atoms with Crippen molar-refractivity contribution in [2.45, 2.75) is 11.8 Å².